The molecule has 0 saturated heterocycles. The van der Waals surface area contributed by atoms with Crippen LogP contribution in [0.5, 0.6) is 5.75 Å². The molecular formula is C13H18N4O. The second-order valence-electron chi connectivity index (χ2n) is 4.15. The lowest BCUT2D eigenvalue weighted by atomic mass is 10.2. The van der Waals surface area contributed by atoms with Crippen molar-refractivity contribution in [3.8, 4) is 5.75 Å². The van der Waals surface area contributed by atoms with Crippen LogP contribution in [-0.2, 0) is 7.05 Å². The van der Waals surface area contributed by atoms with E-state index in [4.69, 9.17) is 4.74 Å². The lowest BCUT2D eigenvalue weighted by Gasteiger charge is -2.07. The highest BCUT2D eigenvalue weighted by atomic mass is 16.5. The molecule has 2 rings (SSSR count). The Morgan fingerprint density at radius 1 is 1.39 bits per heavy atom. The molecule has 96 valence electrons. The fourth-order valence-corrected chi connectivity index (χ4v) is 1.62. The fraction of sp³-hybridized carbons (Fsp3) is 0.385. The van der Waals surface area contributed by atoms with Crippen molar-refractivity contribution in [1.82, 2.24) is 14.8 Å². The molecule has 0 aliphatic carbocycles. The van der Waals surface area contributed by atoms with Crippen LogP contribution in [0.3, 0.4) is 0 Å². The van der Waals surface area contributed by atoms with Gasteiger partial charge in [0.25, 0.3) is 0 Å². The van der Waals surface area contributed by atoms with E-state index in [-0.39, 0.29) is 0 Å². The number of nitrogens with zero attached hydrogens (tertiary/aromatic N) is 3. The summed E-state index contributed by atoms with van der Waals surface area (Å²) in [4.78, 5) is 4.08. The molecule has 1 N–H and O–H groups in total. The number of benzene rings is 1. The van der Waals surface area contributed by atoms with Gasteiger partial charge in [-0.2, -0.15) is 10.1 Å². The summed E-state index contributed by atoms with van der Waals surface area (Å²) >= 11 is 0. The van der Waals surface area contributed by atoms with Crippen molar-refractivity contribution >= 4 is 5.95 Å². The Kier molecular flexibility index (Phi) is 4.17. The molecule has 1 aromatic carbocycles. The maximum Gasteiger partial charge on any atom is 0.220 e. The molecule has 1 heterocycles. The first-order chi connectivity index (χ1) is 8.75. The third-order valence-electron chi connectivity index (χ3n) is 2.57. The molecule has 0 spiro atoms. The third-order valence-corrected chi connectivity index (χ3v) is 2.57. The average molecular weight is 246 g/mol. The summed E-state index contributed by atoms with van der Waals surface area (Å²) in [6.07, 6.45) is 2.45. The van der Waals surface area contributed by atoms with Crippen LogP contribution in [0.4, 0.5) is 5.95 Å². The molecule has 0 saturated carbocycles. The van der Waals surface area contributed by atoms with Gasteiger partial charge >= 0.3 is 0 Å². The van der Waals surface area contributed by atoms with Crippen LogP contribution in [0.15, 0.2) is 30.6 Å². The van der Waals surface area contributed by atoms with Gasteiger partial charge < -0.3 is 10.1 Å². The molecule has 0 bridgehead atoms. The zero-order chi connectivity index (χ0) is 12.8. The van der Waals surface area contributed by atoms with E-state index in [9.17, 15) is 0 Å². The highest BCUT2D eigenvalue weighted by Crippen LogP contribution is 2.12. The molecule has 0 amide bonds. The largest absolute Gasteiger partial charge is 0.494 e. The summed E-state index contributed by atoms with van der Waals surface area (Å²) in [6, 6.07) is 8.07. The van der Waals surface area contributed by atoms with Gasteiger partial charge in [-0.05, 0) is 31.0 Å². The SMILES string of the molecule is Cc1cccc(OCCCNc2ncnn2C)c1. The Balaban J connectivity index is 1.66. The molecule has 5 nitrogen and oxygen atoms in total. The van der Waals surface area contributed by atoms with E-state index < -0.39 is 0 Å². The molecule has 0 unspecified atom stereocenters. The first kappa shape index (κ1) is 12.4. The summed E-state index contributed by atoms with van der Waals surface area (Å²) in [5.41, 5.74) is 1.21. The second kappa shape index (κ2) is 6.05. The average Bonchev–Trinajstić information content (AvgIpc) is 2.75. The molecule has 18 heavy (non-hydrogen) atoms. The standard InChI is InChI=1S/C13H18N4O/c1-11-5-3-6-12(9-11)18-8-4-7-14-13-15-10-16-17(13)2/h3,5-6,9-10H,4,7-8H2,1-2H3,(H,14,15,16). The minimum atomic E-state index is 0.689. The van der Waals surface area contributed by atoms with E-state index in [1.54, 1.807) is 4.68 Å². The molecule has 1 aromatic heterocycles. The Hall–Kier alpha value is -2.04. The lowest BCUT2D eigenvalue weighted by molar-refractivity contribution is 0.314. The molecular weight excluding hydrogens is 228 g/mol. The molecule has 5 heteroatoms. The van der Waals surface area contributed by atoms with Crippen LogP contribution in [0.25, 0.3) is 0 Å². The van der Waals surface area contributed by atoms with Gasteiger partial charge in [0.05, 0.1) is 6.61 Å². The number of ether oxygens (including phenoxy) is 1. The normalized spacial score (nSPS) is 10.3. The summed E-state index contributed by atoms with van der Waals surface area (Å²) < 4.78 is 7.36. The maximum atomic E-state index is 5.65. The van der Waals surface area contributed by atoms with Gasteiger partial charge in [0.2, 0.25) is 5.95 Å². The summed E-state index contributed by atoms with van der Waals surface area (Å²) in [5, 5.41) is 7.18. The molecule has 2 aromatic rings. The van der Waals surface area contributed by atoms with Crippen molar-refractivity contribution in [2.75, 3.05) is 18.5 Å². The van der Waals surface area contributed by atoms with Gasteiger partial charge in [0, 0.05) is 13.6 Å². The molecule has 0 radical (unpaired) electrons. The highest BCUT2D eigenvalue weighted by molar-refractivity contribution is 5.27. The van der Waals surface area contributed by atoms with Crippen molar-refractivity contribution in [3.63, 3.8) is 0 Å². The van der Waals surface area contributed by atoms with Gasteiger partial charge in [-0.3, -0.25) is 0 Å². The Bertz CT molecular complexity index is 495. The summed E-state index contributed by atoms with van der Waals surface area (Å²) in [7, 11) is 1.86. The van der Waals surface area contributed by atoms with Crippen molar-refractivity contribution in [2.45, 2.75) is 13.3 Å². The monoisotopic (exact) mass is 246 g/mol. The van der Waals surface area contributed by atoms with Crippen LogP contribution in [-0.4, -0.2) is 27.9 Å². The Morgan fingerprint density at radius 2 is 2.28 bits per heavy atom. The predicted molar refractivity (Wildman–Crippen MR) is 70.8 cm³/mol. The van der Waals surface area contributed by atoms with Gasteiger partial charge in [0.15, 0.2) is 0 Å². The maximum absolute atomic E-state index is 5.65. The summed E-state index contributed by atoms with van der Waals surface area (Å²) in [5.74, 6) is 1.71. The van der Waals surface area contributed by atoms with E-state index >= 15 is 0 Å². The molecule has 0 aliphatic rings. The van der Waals surface area contributed by atoms with Crippen molar-refractivity contribution < 1.29 is 4.74 Å². The van der Waals surface area contributed by atoms with E-state index in [0.29, 0.717) is 6.61 Å². The van der Waals surface area contributed by atoms with E-state index in [1.165, 1.54) is 11.9 Å². The number of hydrogen-bond donors (Lipinski definition) is 1. The smallest absolute Gasteiger partial charge is 0.220 e. The number of anilines is 1. The number of hydrogen-bond acceptors (Lipinski definition) is 4. The zero-order valence-electron chi connectivity index (χ0n) is 10.8. The predicted octanol–water partition coefficient (Wildman–Crippen LogP) is 2.00. The number of nitrogens with one attached hydrogen (secondary N) is 1. The van der Waals surface area contributed by atoms with E-state index in [2.05, 4.69) is 28.4 Å². The van der Waals surface area contributed by atoms with Gasteiger partial charge in [0.1, 0.15) is 12.1 Å². The molecule has 0 aliphatic heterocycles. The van der Waals surface area contributed by atoms with Crippen LogP contribution in [0, 0.1) is 6.92 Å². The quantitative estimate of drug-likeness (QED) is 0.792. The van der Waals surface area contributed by atoms with Crippen molar-refractivity contribution in [2.24, 2.45) is 7.05 Å². The van der Waals surface area contributed by atoms with Crippen LogP contribution in [0.1, 0.15) is 12.0 Å². The molecule has 0 fully saturated rings. The second-order valence-corrected chi connectivity index (χ2v) is 4.15. The van der Waals surface area contributed by atoms with Crippen molar-refractivity contribution in [3.05, 3.63) is 36.2 Å². The fourth-order valence-electron chi connectivity index (χ4n) is 1.62. The lowest BCUT2D eigenvalue weighted by Crippen LogP contribution is -2.10. The zero-order valence-corrected chi connectivity index (χ0v) is 10.8. The third kappa shape index (κ3) is 3.48. The van der Waals surface area contributed by atoms with Crippen LogP contribution in [0.2, 0.25) is 0 Å². The van der Waals surface area contributed by atoms with Gasteiger partial charge in [-0.25, -0.2) is 4.68 Å². The van der Waals surface area contributed by atoms with Crippen LogP contribution >= 0.6 is 0 Å². The number of aryl methyl sites for hydroxylation is 2. The van der Waals surface area contributed by atoms with Gasteiger partial charge in [-0.15, -0.1) is 0 Å². The number of aromatic nitrogens is 3. The first-order valence-electron chi connectivity index (χ1n) is 6.03. The molecule has 0 atom stereocenters. The summed E-state index contributed by atoms with van der Waals surface area (Å²) in [6.45, 7) is 3.56. The minimum Gasteiger partial charge on any atom is -0.494 e. The topological polar surface area (TPSA) is 52.0 Å². The Labute approximate surface area is 107 Å². The number of rotatable bonds is 6. The highest BCUT2D eigenvalue weighted by Gasteiger charge is 1.98. The van der Waals surface area contributed by atoms with Crippen LogP contribution < -0.4 is 10.1 Å². The van der Waals surface area contributed by atoms with E-state index in [0.717, 1.165) is 24.7 Å². The first-order valence-corrected chi connectivity index (χ1v) is 6.03. The minimum absolute atomic E-state index is 0.689. The van der Waals surface area contributed by atoms with Crippen molar-refractivity contribution in [1.29, 1.82) is 0 Å². The van der Waals surface area contributed by atoms with E-state index in [1.807, 2.05) is 25.2 Å². The van der Waals surface area contributed by atoms with Gasteiger partial charge in [-0.1, -0.05) is 12.1 Å². The Morgan fingerprint density at radius 3 is 3.00 bits per heavy atom.